The number of rotatable bonds is 3. The highest BCUT2D eigenvalue weighted by molar-refractivity contribution is 5.35. The Balaban J connectivity index is 4.30. The molecular weight excluding hydrogens is 129 g/mol. The maximum Gasteiger partial charge on any atom is 0.127 e. The Bertz CT molecular complexity index is 201. The molecule has 0 aliphatic carbocycles. The lowest BCUT2D eigenvalue weighted by molar-refractivity contribution is 0.651. The number of hydrogen-bond acceptors (Lipinski definition) is 1. The molecule has 10 heavy (non-hydrogen) atoms. The van der Waals surface area contributed by atoms with Gasteiger partial charge >= 0.3 is 0 Å². The molecule has 0 aromatic rings. The summed E-state index contributed by atoms with van der Waals surface area (Å²) in [7, 11) is 0. The van der Waals surface area contributed by atoms with E-state index in [0.29, 0.717) is 11.3 Å². The molecule has 0 bridgehead atoms. The smallest absolute Gasteiger partial charge is 0.127 e. The molecule has 0 saturated carbocycles. The molecule has 54 valence electrons. The van der Waals surface area contributed by atoms with Crippen LogP contribution in [0.25, 0.3) is 0 Å². The predicted octanol–water partition coefficient (Wildman–Crippen LogP) is 2.63. The summed E-state index contributed by atoms with van der Waals surface area (Å²) < 4.78 is 12.6. The summed E-state index contributed by atoms with van der Waals surface area (Å²) in [5.41, 5.74) is 0.672. The molecule has 0 fully saturated rings. The van der Waals surface area contributed by atoms with Crippen molar-refractivity contribution in [3.63, 3.8) is 0 Å². The maximum absolute atomic E-state index is 12.6. The maximum atomic E-state index is 12.6. The second-order valence-electron chi connectivity index (χ2n) is 1.92. The van der Waals surface area contributed by atoms with Gasteiger partial charge in [-0.2, -0.15) is 0 Å². The van der Waals surface area contributed by atoms with Crippen molar-refractivity contribution in [2.24, 2.45) is 4.99 Å². The quantitative estimate of drug-likeness (QED) is 0.421. The summed E-state index contributed by atoms with van der Waals surface area (Å²) in [5, 5.41) is 0. The molecule has 2 heteroatoms. The van der Waals surface area contributed by atoms with E-state index in [1.54, 1.807) is 6.92 Å². The summed E-state index contributed by atoms with van der Waals surface area (Å²) in [5.74, 6) is -0.405. The largest absolute Gasteiger partial charge is 0.265 e. The van der Waals surface area contributed by atoms with Crippen LogP contribution in [0.3, 0.4) is 0 Å². The fraction of sp³-hybridized carbons (Fsp3) is 0.125. The minimum absolute atomic E-state index is 0.306. The molecule has 0 amide bonds. The van der Waals surface area contributed by atoms with Crippen LogP contribution in [0.4, 0.5) is 4.39 Å². The van der Waals surface area contributed by atoms with Gasteiger partial charge in [0.1, 0.15) is 5.83 Å². The van der Waals surface area contributed by atoms with Crippen molar-refractivity contribution in [3.05, 3.63) is 36.3 Å². The monoisotopic (exact) mass is 139 g/mol. The molecule has 0 atom stereocenters. The van der Waals surface area contributed by atoms with Gasteiger partial charge in [0, 0.05) is 0 Å². The van der Waals surface area contributed by atoms with E-state index in [1.165, 1.54) is 6.08 Å². The highest BCUT2D eigenvalue weighted by Crippen LogP contribution is 2.10. The summed E-state index contributed by atoms with van der Waals surface area (Å²) in [4.78, 5) is 3.41. The minimum atomic E-state index is -0.405. The van der Waals surface area contributed by atoms with Gasteiger partial charge in [-0.3, -0.25) is 4.99 Å². The van der Waals surface area contributed by atoms with Crippen molar-refractivity contribution in [2.45, 2.75) is 6.92 Å². The van der Waals surface area contributed by atoms with Crippen molar-refractivity contribution in [2.75, 3.05) is 0 Å². The molecule has 1 nitrogen and oxygen atoms in total. The predicted molar refractivity (Wildman–Crippen MR) is 42.7 cm³/mol. The molecule has 0 N–H and O–H groups in total. The zero-order chi connectivity index (χ0) is 8.15. The van der Waals surface area contributed by atoms with Crippen molar-refractivity contribution >= 4 is 6.72 Å². The fourth-order valence-electron chi connectivity index (χ4n) is 0.315. The first-order valence-electron chi connectivity index (χ1n) is 2.76. The lowest BCUT2D eigenvalue weighted by Gasteiger charge is -1.92. The molecule has 0 radical (unpaired) electrons. The summed E-state index contributed by atoms with van der Waals surface area (Å²) in [6.45, 7) is 11.6. The van der Waals surface area contributed by atoms with Gasteiger partial charge < -0.3 is 0 Å². The molecule has 0 saturated heterocycles. The van der Waals surface area contributed by atoms with Crippen molar-refractivity contribution in [1.29, 1.82) is 0 Å². The van der Waals surface area contributed by atoms with E-state index in [2.05, 4.69) is 24.9 Å². The van der Waals surface area contributed by atoms with Gasteiger partial charge in [-0.05, 0) is 25.3 Å². The van der Waals surface area contributed by atoms with Crippen molar-refractivity contribution in [3.8, 4) is 0 Å². The van der Waals surface area contributed by atoms with E-state index in [0.717, 1.165) is 0 Å². The van der Waals surface area contributed by atoms with Crippen LogP contribution >= 0.6 is 0 Å². The van der Waals surface area contributed by atoms with E-state index in [-0.39, 0.29) is 0 Å². The molecule has 0 aromatic carbocycles. The zero-order valence-corrected chi connectivity index (χ0v) is 6.02. The van der Waals surface area contributed by atoms with Crippen LogP contribution in [0.15, 0.2) is 41.3 Å². The standard InChI is InChI=1S/C8H10FN/c1-6(2)8(9)5-7(3)10-4/h5H,1,3-4H2,2H3/b8-5+. The molecular formula is C8H10FN. The third kappa shape index (κ3) is 2.97. The van der Waals surface area contributed by atoms with Gasteiger partial charge in [-0.1, -0.05) is 13.2 Å². The SMILES string of the molecule is C=NC(=C)/C=C(/F)C(=C)C. The topological polar surface area (TPSA) is 12.4 Å². The molecule has 0 aromatic heterocycles. The average Bonchev–Trinajstić information content (AvgIpc) is 1.87. The third-order valence-electron chi connectivity index (χ3n) is 0.904. The molecule has 0 unspecified atom stereocenters. The van der Waals surface area contributed by atoms with Crippen LogP contribution in [0.5, 0.6) is 0 Å². The van der Waals surface area contributed by atoms with Crippen molar-refractivity contribution < 1.29 is 4.39 Å². The first-order valence-corrected chi connectivity index (χ1v) is 2.76. The second kappa shape index (κ2) is 3.77. The van der Waals surface area contributed by atoms with Crippen LogP contribution < -0.4 is 0 Å². The molecule has 0 aliphatic rings. The van der Waals surface area contributed by atoms with E-state index >= 15 is 0 Å². The summed E-state index contributed by atoms with van der Waals surface area (Å²) >= 11 is 0. The first-order chi connectivity index (χ1) is 4.57. The highest BCUT2D eigenvalue weighted by atomic mass is 19.1. The Morgan fingerprint density at radius 2 is 2.00 bits per heavy atom. The van der Waals surface area contributed by atoms with Crippen LogP contribution in [-0.2, 0) is 0 Å². The Morgan fingerprint density at radius 3 is 2.30 bits per heavy atom. The number of allylic oxidation sites excluding steroid dienone is 3. The Labute approximate surface area is 60.3 Å². The van der Waals surface area contributed by atoms with Gasteiger partial charge in [0.05, 0.1) is 5.70 Å². The lowest BCUT2D eigenvalue weighted by atomic mass is 10.3. The van der Waals surface area contributed by atoms with Gasteiger partial charge in [-0.15, -0.1) is 0 Å². The third-order valence-corrected chi connectivity index (χ3v) is 0.904. The van der Waals surface area contributed by atoms with Crippen LogP contribution in [-0.4, -0.2) is 6.72 Å². The average molecular weight is 139 g/mol. The van der Waals surface area contributed by atoms with Gasteiger partial charge in [0.15, 0.2) is 0 Å². The lowest BCUT2D eigenvalue weighted by Crippen LogP contribution is -1.75. The highest BCUT2D eigenvalue weighted by Gasteiger charge is 1.93. The number of halogens is 1. The fourth-order valence-corrected chi connectivity index (χ4v) is 0.315. The Morgan fingerprint density at radius 1 is 1.50 bits per heavy atom. The molecule has 0 rings (SSSR count). The zero-order valence-electron chi connectivity index (χ0n) is 6.02. The van der Waals surface area contributed by atoms with E-state index in [1.807, 2.05) is 0 Å². The van der Waals surface area contributed by atoms with Gasteiger partial charge in [0.25, 0.3) is 0 Å². The van der Waals surface area contributed by atoms with Gasteiger partial charge in [-0.25, -0.2) is 4.39 Å². The van der Waals surface area contributed by atoms with Gasteiger partial charge in [0.2, 0.25) is 0 Å². The van der Waals surface area contributed by atoms with E-state index in [9.17, 15) is 4.39 Å². The van der Waals surface area contributed by atoms with E-state index < -0.39 is 5.83 Å². The number of nitrogens with zero attached hydrogens (tertiary/aromatic N) is 1. The molecule has 0 heterocycles. The van der Waals surface area contributed by atoms with Crippen LogP contribution in [0, 0.1) is 0 Å². The Hall–Kier alpha value is -1.18. The normalized spacial score (nSPS) is 10.8. The molecule has 0 spiro atoms. The Kier molecular flexibility index (Phi) is 3.33. The summed E-state index contributed by atoms with van der Waals surface area (Å²) in [6.07, 6.45) is 1.19. The minimum Gasteiger partial charge on any atom is -0.265 e. The van der Waals surface area contributed by atoms with Crippen molar-refractivity contribution in [1.82, 2.24) is 0 Å². The summed E-state index contributed by atoms with van der Waals surface area (Å²) in [6, 6.07) is 0. The second-order valence-corrected chi connectivity index (χ2v) is 1.92. The van der Waals surface area contributed by atoms with Crippen LogP contribution in [0.1, 0.15) is 6.92 Å². The first kappa shape index (κ1) is 8.82. The number of hydrogen-bond donors (Lipinski definition) is 0. The number of aliphatic imine (C=N–C) groups is 1. The molecule has 0 aliphatic heterocycles. The van der Waals surface area contributed by atoms with E-state index in [4.69, 9.17) is 0 Å². The van der Waals surface area contributed by atoms with Crippen LogP contribution in [0.2, 0.25) is 0 Å².